The van der Waals surface area contributed by atoms with Gasteiger partial charge in [-0.2, -0.15) is 20.5 Å². The van der Waals surface area contributed by atoms with E-state index in [1.54, 1.807) is 11.3 Å². The number of nitrogen functional groups attached to an aromatic ring is 1. The number of nitrogens with zero attached hydrogens (tertiary/aromatic N) is 7. The summed E-state index contributed by atoms with van der Waals surface area (Å²) < 4.78 is 12.0. The highest BCUT2D eigenvalue weighted by atomic mass is 32.1. The number of rotatable bonds is 7. The number of ether oxygens (including phenoxy) is 2. The van der Waals surface area contributed by atoms with Crippen molar-refractivity contribution in [2.24, 2.45) is 5.41 Å². The fraction of sp³-hybridized carbons (Fsp3) is 0.667. The number of hydrogen-bond donors (Lipinski definition) is 2. The average molecular weight is 588 g/mol. The topological polar surface area (TPSA) is 140 Å². The van der Waals surface area contributed by atoms with E-state index in [1.165, 1.54) is 4.88 Å². The first-order valence-corrected chi connectivity index (χ1v) is 16.1. The van der Waals surface area contributed by atoms with Crippen molar-refractivity contribution in [2.75, 3.05) is 81.2 Å². The summed E-state index contributed by atoms with van der Waals surface area (Å²) in [4.78, 5) is 18.0. The van der Waals surface area contributed by atoms with Crippen LogP contribution >= 0.6 is 11.3 Å². The number of anilines is 3. The third-order valence-corrected chi connectivity index (χ3v) is 11.5. The van der Waals surface area contributed by atoms with Gasteiger partial charge in [-0.3, -0.25) is 4.90 Å². The Morgan fingerprint density at radius 2 is 1.69 bits per heavy atom. The molecule has 220 valence electrons. The average Bonchev–Trinajstić information content (AvgIpc) is 3.35. The molecule has 11 nitrogen and oxygen atoms in total. The van der Waals surface area contributed by atoms with Crippen molar-refractivity contribution < 1.29 is 9.47 Å². The van der Waals surface area contributed by atoms with E-state index in [4.69, 9.17) is 25.2 Å². The second kappa shape index (κ2) is 9.95. The quantitative estimate of drug-likeness (QED) is 0.492. The van der Waals surface area contributed by atoms with Gasteiger partial charge in [-0.25, -0.2) is 0 Å². The number of aromatic nitrogens is 2. The van der Waals surface area contributed by atoms with E-state index < -0.39 is 0 Å². The fourth-order valence-electron chi connectivity index (χ4n) is 7.96. The number of thiophene rings is 1. The van der Waals surface area contributed by atoms with Gasteiger partial charge in [0, 0.05) is 73.6 Å². The molecule has 5 fully saturated rings. The predicted octanol–water partition coefficient (Wildman–Crippen LogP) is 2.00. The summed E-state index contributed by atoms with van der Waals surface area (Å²) in [6, 6.07) is 6.04. The second-order valence-corrected chi connectivity index (χ2v) is 14.4. The van der Waals surface area contributed by atoms with E-state index >= 15 is 0 Å². The molecule has 2 aromatic rings. The van der Waals surface area contributed by atoms with E-state index in [9.17, 15) is 10.5 Å². The highest BCUT2D eigenvalue weighted by Crippen LogP contribution is 2.53. The van der Waals surface area contributed by atoms with Gasteiger partial charge in [0.25, 0.3) is 0 Å². The SMILES string of the molecule is N#Cc1c(N2C[C@H]3CC[C@@H](C2)N3)nc(OCC2(CN3CCOCC3)CC2)nc1N1CC2(CCc3sc(N)c(C#N)c32)C1. The Morgan fingerprint density at radius 3 is 2.36 bits per heavy atom. The number of hydrogen-bond acceptors (Lipinski definition) is 12. The molecular weight excluding hydrogens is 550 g/mol. The molecule has 0 unspecified atom stereocenters. The molecule has 6 aliphatic rings. The zero-order valence-electron chi connectivity index (χ0n) is 23.9. The van der Waals surface area contributed by atoms with Crippen LogP contribution in [0.2, 0.25) is 0 Å². The minimum atomic E-state index is -0.113. The van der Waals surface area contributed by atoms with Gasteiger partial charge in [0.2, 0.25) is 0 Å². The van der Waals surface area contributed by atoms with Crippen LogP contribution in [0.3, 0.4) is 0 Å². The Labute approximate surface area is 250 Å². The maximum atomic E-state index is 10.5. The Balaban J connectivity index is 1.09. The van der Waals surface area contributed by atoms with Crippen LogP contribution in [0.4, 0.5) is 16.6 Å². The molecular formula is C30H37N9O2S. The number of aryl methyl sites for hydroxylation is 1. The van der Waals surface area contributed by atoms with Crippen LogP contribution in [0.1, 0.15) is 53.7 Å². The van der Waals surface area contributed by atoms with Gasteiger partial charge < -0.3 is 30.3 Å². The fourth-order valence-corrected chi connectivity index (χ4v) is 9.10. The number of nitriles is 2. The summed E-state index contributed by atoms with van der Waals surface area (Å²) in [6.07, 6.45) is 6.52. The number of nitrogens with two attached hydrogens (primary N) is 1. The molecule has 2 aliphatic carbocycles. The molecule has 0 aromatic carbocycles. The van der Waals surface area contributed by atoms with Gasteiger partial charge in [-0.05, 0) is 44.1 Å². The lowest BCUT2D eigenvalue weighted by Gasteiger charge is -2.49. The van der Waals surface area contributed by atoms with Gasteiger partial charge in [0.15, 0.2) is 11.6 Å². The molecule has 0 amide bonds. The second-order valence-electron chi connectivity index (χ2n) is 13.2. The van der Waals surface area contributed by atoms with Crippen molar-refractivity contribution >= 4 is 28.0 Å². The van der Waals surface area contributed by atoms with Gasteiger partial charge >= 0.3 is 6.01 Å². The largest absolute Gasteiger partial charge is 0.463 e. The Kier molecular flexibility index (Phi) is 6.27. The van der Waals surface area contributed by atoms with Crippen molar-refractivity contribution in [3.05, 3.63) is 21.6 Å². The highest BCUT2D eigenvalue weighted by Gasteiger charge is 2.52. The predicted molar refractivity (Wildman–Crippen MR) is 159 cm³/mol. The van der Waals surface area contributed by atoms with Crippen LogP contribution in [-0.2, 0) is 16.6 Å². The van der Waals surface area contributed by atoms with Crippen LogP contribution < -0.4 is 25.6 Å². The van der Waals surface area contributed by atoms with E-state index in [-0.39, 0.29) is 10.8 Å². The molecule has 0 radical (unpaired) electrons. The standard InChI is InChI=1S/C30H37N9O2S/c31-11-21-24-23(42-25(21)33)3-4-30(24)16-39(17-30)27-22(12-32)26(38-13-19-1-2-20(14-38)34-19)35-28(36-27)41-18-29(5-6-29)15-37-7-9-40-10-8-37/h19-20,34H,1-10,13-18,33H2/t19-,20+. The molecule has 8 rings (SSSR count). The number of piperazine rings is 1. The Hall–Kier alpha value is -3.16. The first-order chi connectivity index (χ1) is 20.5. The summed E-state index contributed by atoms with van der Waals surface area (Å²) >= 11 is 1.56. The number of fused-ring (bicyclic) bond motifs is 4. The van der Waals surface area contributed by atoms with Crippen LogP contribution in [-0.4, -0.2) is 92.6 Å². The van der Waals surface area contributed by atoms with Gasteiger partial charge in [-0.1, -0.05) is 0 Å². The molecule has 3 N–H and O–H groups in total. The van der Waals surface area contributed by atoms with Crippen molar-refractivity contribution in [3.8, 4) is 18.1 Å². The first-order valence-electron chi connectivity index (χ1n) is 15.3. The molecule has 2 atom stereocenters. The molecule has 2 aromatic heterocycles. The van der Waals surface area contributed by atoms with E-state index in [0.717, 1.165) is 90.0 Å². The molecule has 1 saturated carbocycles. The smallest absolute Gasteiger partial charge is 0.320 e. The molecule has 6 heterocycles. The third kappa shape index (κ3) is 4.39. The third-order valence-electron chi connectivity index (χ3n) is 10.4. The minimum Gasteiger partial charge on any atom is -0.463 e. The summed E-state index contributed by atoms with van der Waals surface area (Å²) in [5, 5.41) is 24.6. The van der Waals surface area contributed by atoms with E-state index in [1.807, 2.05) is 0 Å². The normalized spacial score (nSPS) is 26.9. The van der Waals surface area contributed by atoms with Gasteiger partial charge in [-0.15, -0.1) is 11.3 Å². The summed E-state index contributed by atoms with van der Waals surface area (Å²) in [7, 11) is 0. The van der Waals surface area contributed by atoms with Crippen molar-refractivity contribution in [2.45, 2.75) is 56.0 Å². The van der Waals surface area contributed by atoms with E-state index in [0.29, 0.717) is 65.6 Å². The van der Waals surface area contributed by atoms with Crippen LogP contribution in [0.5, 0.6) is 6.01 Å². The monoisotopic (exact) mass is 587 g/mol. The molecule has 4 saturated heterocycles. The van der Waals surface area contributed by atoms with Gasteiger partial charge in [0.1, 0.15) is 22.7 Å². The lowest BCUT2D eigenvalue weighted by atomic mass is 9.74. The highest BCUT2D eigenvalue weighted by molar-refractivity contribution is 7.16. The number of nitrogens with one attached hydrogen (secondary N) is 1. The zero-order chi connectivity index (χ0) is 28.5. The van der Waals surface area contributed by atoms with Gasteiger partial charge in [0.05, 0.1) is 25.4 Å². The van der Waals surface area contributed by atoms with Crippen LogP contribution in [0.15, 0.2) is 0 Å². The molecule has 42 heavy (non-hydrogen) atoms. The lowest BCUT2D eigenvalue weighted by molar-refractivity contribution is 0.0231. The maximum Gasteiger partial charge on any atom is 0.320 e. The van der Waals surface area contributed by atoms with E-state index in [2.05, 4.69) is 32.2 Å². The molecule has 2 bridgehead atoms. The van der Waals surface area contributed by atoms with Crippen LogP contribution in [0.25, 0.3) is 0 Å². The van der Waals surface area contributed by atoms with Crippen LogP contribution in [0, 0.1) is 28.1 Å². The Bertz CT molecular complexity index is 1470. The van der Waals surface area contributed by atoms with Crippen molar-refractivity contribution in [1.82, 2.24) is 20.2 Å². The lowest BCUT2D eigenvalue weighted by Crippen LogP contribution is -2.59. The summed E-state index contributed by atoms with van der Waals surface area (Å²) in [5.74, 6) is 1.35. The Morgan fingerprint density at radius 1 is 1.00 bits per heavy atom. The van der Waals surface area contributed by atoms with Crippen molar-refractivity contribution in [1.29, 1.82) is 10.5 Å². The van der Waals surface area contributed by atoms with Crippen molar-refractivity contribution in [3.63, 3.8) is 0 Å². The zero-order valence-corrected chi connectivity index (χ0v) is 24.7. The summed E-state index contributed by atoms with van der Waals surface area (Å²) in [6.45, 7) is 8.19. The summed E-state index contributed by atoms with van der Waals surface area (Å²) in [5.41, 5.74) is 8.54. The molecule has 1 spiro atoms. The molecule has 12 heteroatoms. The number of morpholine rings is 1. The molecule has 4 aliphatic heterocycles. The minimum absolute atomic E-state index is 0.113. The first kappa shape index (κ1) is 26.5. The maximum absolute atomic E-state index is 10.5.